The fourth-order valence-electron chi connectivity index (χ4n) is 2.83. The lowest BCUT2D eigenvalue weighted by Gasteiger charge is -2.27. The van der Waals surface area contributed by atoms with Gasteiger partial charge in [-0.15, -0.1) is 0 Å². The van der Waals surface area contributed by atoms with E-state index in [9.17, 15) is 0 Å². The van der Waals surface area contributed by atoms with E-state index in [-0.39, 0.29) is 0 Å². The zero-order chi connectivity index (χ0) is 15.2. The summed E-state index contributed by atoms with van der Waals surface area (Å²) in [5.74, 6) is 0.980. The minimum atomic E-state index is 0.624. The summed E-state index contributed by atoms with van der Waals surface area (Å²) in [5, 5.41) is 3.39. The topological polar surface area (TPSA) is 24.5 Å². The van der Waals surface area contributed by atoms with Gasteiger partial charge in [0, 0.05) is 32.7 Å². The number of nitrogens with one attached hydrogen (secondary N) is 1. The quantitative estimate of drug-likeness (QED) is 0.918. The number of nitrogens with zero attached hydrogens (tertiary/aromatic N) is 1. The monoisotopic (exact) mass is 296 g/mol. The van der Waals surface area contributed by atoms with Gasteiger partial charge in [0.25, 0.3) is 0 Å². The van der Waals surface area contributed by atoms with Crippen molar-refractivity contribution in [1.82, 2.24) is 10.2 Å². The van der Waals surface area contributed by atoms with Crippen molar-refractivity contribution in [3.63, 3.8) is 0 Å². The van der Waals surface area contributed by atoms with Crippen LogP contribution in [0.4, 0.5) is 0 Å². The van der Waals surface area contributed by atoms with Crippen LogP contribution in [0.3, 0.4) is 0 Å². The highest BCUT2D eigenvalue weighted by Crippen LogP contribution is 2.21. The number of rotatable bonds is 5. The van der Waals surface area contributed by atoms with E-state index in [0.29, 0.717) is 6.61 Å². The van der Waals surface area contributed by atoms with E-state index < -0.39 is 0 Å². The summed E-state index contributed by atoms with van der Waals surface area (Å²) in [6, 6.07) is 16.8. The predicted molar refractivity (Wildman–Crippen MR) is 90.1 cm³/mol. The van der Waals surface area contributed by atoms with E-state index in [1.165, 1.54) is 16.7 Å². The Morgan fingerprint density at radius 1 is 1.00 bits per heavy atom. The molecule has 0 bridgehead atoms. The lowest BCUT2D eigenvalue weighted by Crippen LogP contribution is -2.42. The molecule has 1 aliphatic heterocycles. The van der Waals surface area contributed by atoms with Gasteiger partial charge in [0.1, 0.15) is 12.4 Å². The molecular formula is C19H24N2O. The molecule has 1 N–H and O–H groups in total. The molecule has 116 valence electrons. The summed E-state index contributed by atoms with van der Waals surface area (Å²) in [7, 11) is 0. The largest absolute Gasteiger partial charge is 0.489 e. The standard InChI is InChI=1S/C19H24N2O/c1-16-13-18(14-21-11-9-20-10-12-21)7-8-19(16)22-15-17-5-3-2-4-6-17/h2-8,13,20H,9-12,14-15H2,1H3. The lowest BCUT2D eigenvalue weighted by molar-refractivity contribution is 0.233. The summed E-state index contributed by atoms with van der Waals surface area (Å²) in [6.45, 7) is 8.23. The van der Waals surface area contributed by atoms with Crippen LogP contribution >= 0.6 is 0 Å². The van der Waals surface area contributed by atoms with Crippen molar-refractivity contribution in [2.75, 3.05) is 26.2 Å². The van der Waals surface area contributed by atoms with Crippen molar-refractivity contribution in [1.29, 1.82) is 0 Å². The van der Waals surface area contributed by atoms with E-state index in [2.05, 4.69) is 47.5 Å². The molecule has 0 atom stereocenters. The lowest BCUT2D eigenvalue weighted by atomic mass is 10.1. The number of piperazine rings is 1. The smallest absolute Gasteiger partial charge is 0.122 e. The SMILES string of the molecule is Cc1cc(CN2CCNCC2)ccc1OCc1ccccc1. The van der Waals surface area contributed by atoms with Crippen LogP contribution in [-0.4, -0.2) is 31.1 Å². The maximum Gasteiger partial charge on any atom is 0.122 e. The molecule has 0 aliphatic carbocycles. The van der Waals surface area contributed by atoms with E-state index in [0.717, 1.165) is 38.5 Å². The first kappa shape index (κ1) is 15.1. The van der Waals surface area contributed by atoms with Gasteiger partial charge in [-0.25, -0.2) is 0 Å². The average Bonchev–Trinajstić information content (AvgIpc) is 2.56. The van der Waals surface area contributed by atoms with Gasteiger partial charge < -0.3 is 10.1 Å². The Labute approximate surface area is 132 Å². The number of ether oxygens (including phenoxy) is 1. The van der Waals surface area contributed by atoms with Crippen LogP contribution < -0.4 is 10.1 Å². The zero-order valence-corrected chi connectivity index (χ0v) is 13.2. The number of benzene rings is 2. The van der Waals surface area contributed by atoms with E-state index in [4.69, 9.17) is 4.74 Å². The van der Waals surface area contributed by atoms with Crippen LogP contribution in [0.2, 0.25) is 0 Å². The first-order valence-electron chi connectivity index (χ1n) is 8.00. The summed E-state index contributed by atoms with van der Waals surface area (Å²) in [6.07, 6.45) is 0. The Balaban J connectivity index is 1.59. The second kappa shape index (κ2) is 7.43. The molecule has 3 nitrogen and oxygen atoms in total. The van der Waals surface area contributed by atoms with Crippen LogP contribution in [-0.2, 0) is 13.2 Å². The molecule has 3 heteroatoms. The molecule has 0 aromatic heterocycles. The Bertz CT molecular complexity index is 592. The minimum Gasteiger partial charge on any atom is -0.489 e. The van der Waals surface area contributed by atoms with Gasteiger partial charge in [0.15, 0.2) is 0 Å². The summed E-state index contributed by atoms with van der Waals surface area (Å²) in [4.78, 5) is 2.50. The molecule has 22 heavy (non-hydrogen) atoms. The van der Waals surface area contributed by atoms with Gasteiger partial charge in [0.2, 0.25) is 0 Å². The first-order valence-corrected chi connectivity index (χ1v) is 8.00. The molecule has 0 unspecified atom stereocenters. The van der Waals surface area contributed by atoms with Gasteiger partial charge in [-0.3, -0.25) is 4.90 Å². The molecule has 0 spiro atoms. The molecule has 1 saturated heterocycles. The van der Waals surface area contributed by atoms with Gasteiger partial charge in [-0.1, -0.05) is 42.5 Å². The maximum absolute atomic E-state index is 5.94. The molecule has 0 amide bonds. The highest BCUT2D eigenvalue weighted by Gasteiger charge is 2.10. The van der Waals surface area contributed by atoms with Gasteiger partial charge in [-0.05, 0) is 29.7 Å². The molecule has 1 aliphatic rings. The van der Waals surface area contributed by atoms with E-state index >= 15 is 0 Å². The second-order valence-electron chi connectivity index (χ2n) is 5.90. The Morgan fingerprint density at radius 2 is 1.77 bits per heavy atom. The minimum absolute atomic E-state index is 0.624. The molecular weight excluding hydrogens is 272 g/mol. The molecule has 2 aromatic rings. The average molecular weight is 296 g/mol. The maximum atomic E-state index is 5.94. The highest BCUT2D eigenvalue weighted by molar-refractivity contribution is 5.36. The molecule has 3 rings (SSSR count). The third-order valence-electron chi connectivity index (χ3n) is 4.09. The first-order chi connectivity index (χ1) is 10.8. The van der Waals surface area contributed by atoms with Crippen LogP contribution in [0.1, 0.15) is 16.7 Å². The highest BCUT2D eigenvalue weighted by atomic mass is 16.5. The van der Waals surface area contributed by atoms with Gasteiger partial charge >= 0.3 is 0 Å². The Kier molecular flexibility index (Phi) is 5.09. The van der Waals surface area contributed by atoms with E-state index in [1.807, 2.05) is 18.2 Å². The van der Waals surface area contributed by atoms with Crippen molar-refractivity contribution < 1.29 is 4.74 Å². The molecule has 0 radical (unpaired) electrons. The van der Waals surface area contributed by atoms with Crippen molar-refractivity contribution in [2.45, 2.75) is 20.1 Å². The molecule has 1 fully saturated rings. The molecule has 2 aromatic carbocycles. The molecule has 0 saturated carbocycles. The van der Waals surface area contributed by atoms with Crippen LogP contribution in [0, 0.1) is 6.92 Å². The number of hydrogen-bond acceptors (Lipinski definition) is 3. The Hall–Kier alpha value is -1.84. The predicted octanol–water partition coefficient (Wildman–Crippen LogP) is 2.98. The van der Waals surface area contributed by atoms with Gasteiger partial charge in [0.05, 0.1) is 0 Å². The summed E-state index contributed by atoms with van der Waals surface area (Å²) >= 11 is 0. The fraction of sp³-hybridized carbons (Fsp3) is 0.368. The van der Waals surface area contributed by atoms with Crippen molar-refractivity contribution in [3.8, 4) is 5.75 Å². The number of aryl methyl sites for hydroxylation is 1. The van der Waals surface area contributed by atoms with Crippen LogP contribution in [0.5, 0.6) is 5.75 Å². The normalized spacial score (nSPS) is 15.7. The summed E-state index contributed by atoms with van der Waals surface area (Å²) in [5.41, 5.74) is 3.78. The van der Waals surface area contributed by atoms with Gasteiger partial charge in [-0.2, -0.15) is 0 Å². The third kappa shape index (κ3) is 4.09. The Morgan fingerprint density at radius 3 is 2.50 bits per heavy atom. The van der Waals surface area contributed by atoms with Crippen molar-refractivity contribution in [2.24, 2.45) is 0 Å². The van der Waals surface area contributed by atoms with Crippen LogP contribution in [0.25, 0.3) is 0 Å². The molecule has 1 heterocycles. The number of hydrogen-bond donors (Lipinski definition) is 1. The zero-order valence-electron chi connectivity index (χ0n) is 13.2. The van der Waals surface area contributed by atoms with Crippen molar-refractivity contribution >= 4 is 0 Å². The van der Waals surface area contributed by atoms with E-state index in [1.54, 1.807) is 0 Å². The van der Waals surface area contributed by atoms with Crippen molar-refractivity contribution in [3.05, 3.63) is 65.2 Å². The summed E-state index contributed by atoms with van der Waals surface area (Å²) < 4.78 is 5.94. The second-order valence-corrected chi connectivity index (χ2v) is 5.90. The fourth-order valence-corrected chi connectivity index (χ4v) is 2.83. The van der Waals surface area contributed by atoms with Crippen LogP contribution in [0.15, 0.2) is 48.5 Å². The third-order valence-corrected chi connectivity index (χ3v) is 4.09.